The van der Waals surface area contributed by atoms with Crippen LogP contribution >= 0.6 is 11.8 Å². The van der Waals surface area contributed by atoms with Crippen molar-refractivity contribution in [3.8, 4) is 11.5 Å². The van der Waals surface area contributed by atoms with Crippen LogP contribution in [0, 0.1) is 0 Å². The van der Waals surface area contributed by atoms with Crippen molar-refractivity contribution in [2.24, 2.45) is 4.99 Å². The van der Waals surface area contributed by atoms with Crippen LogP contribution < -0.4 is 14.4 Å². The molecule has 29 heavy (non-hydrogen) atoms. The molecule has 2 fully saturated rings. The average molecular weight is 433 g/mol. The lowest BCUT2D eigenvalue weighted by Gasteiger charge is -2.26. The second-order valence-electron chi connectivity index (χ2n) is 6.77. The van der Waals surface area contributed by atoms with E-state index >= 15 is 0 Å². The number of amides is 1. The predicted octanol–water partition coefficient (Wildman–Crippen LogP) is 2.62. The number of fused-ring (bicyclic) bond motifs is 1. The maximum Gasteiger partial charge on any atom is 0.279 e. The van der Waals surface area contributed by atoms with Crippen LogP contribution in [0.2, 0.25) is 0 Å². The number of amidine groups is 1. The highest BCUT2D eigenvalue weighted by Crippen LogP contribution is 2.44. The number of aliphatic imine (C=N–C) groups is 1. The van der Waals surface area contributed by atoms with Crippen LogP contribution in [0.15, 0.2) is 53.5 Å². The highest BCUT2D eigenvalue weighted by Gasteiger charge is 2.50. The van der Waals surface area contributed by atoms with E-state index in [4.69, 9.17) is 9.47 Å². The van der Waals surface area contributed by atoms with Gasteiger partial charge in [0.05, 0.1) is 37.5 Å². The molecule has 0 aliphatic carbocycles. The highest BCUT2D eigenvalue weighted by atomic mass is 32.2. The van der Waals surface area contributed by atoms with Gasteiger partial charge in [0.25, 0.3) is 5.91 Å². The van der Waals surface area contributed by atoms with Crippen LogP contribution in [0.3, 0.4) is 0 Å². The first kappa shape index (κ1) is 19.8. The van der Waals surface area contributed by atoms with Gasteiger partial charge in [-0.25, -0.2) is 8.42 Å². The van der Waals surface area contributed by atoms with E-state index in [2.05, 4.69) is 4.99 Å². The van der Waals surface area contributed by atoms with Crippen LogP contribution in [0.1, 0.15) is 10.4 Å². The number of nitrogens with zero attached hydrogens (tertiary/aromatic N) is 2. The SMILES string of the molecule is COc1ccc(N2C(=NC(=O)c3ccccc3)SC3CS(=O)(=O)CC32)c(OC)c1. The molecule has 1 amide bonds. The predicted molar refractivity (Wildman–Crippen MR) is 114 cm³/mol. The second-order valence-corrected chi connectivity index (χ2v) is 10.1. The summed E-state index contributed by atoms with van der Waals surface area (Å²) in [7, 11) is -0.0522. The van der Waals surface area contributed by atoms with E-state index in [0.717, 1.165) is 0 Å². The van der Waals surface area contributed by atoms with E-state index < -0.39 is 9.84 Å². The average Bonchev–Trinajstić information content (AvgIpc) is 3.18. The largest absolute Gasteiger partial charge is 0.497 e. The molecule has 7 nitrogen and oxygen atoms in total. The van der Waals surface area contributed by atoms with E-state index in [0.29, 0.717) is 27.9 Å². The van der Waals surface area contributed by atoms with Gasteiger partial charge in [-0.2, -0.15) is 4.99 Å². The summed E-state index contributed by atoms with van der Waals surface area (Å²) in [6.07, 6.45) is 0. The third-order valence-corrected chi connectivity index (χ3v) is 8.14. The zero-order valence-electron chi connectivity index (χ0n) is 15.9. The quantitative estimate of drug-likeness (QED) is 0.734. The Balaban J connectivity index is 1.78. The lowest BCUT2D eigenvalue weighted by Crippen LogP contribution is -2.38. The molecule has 2 heterocycles. The van der Waals surface area contributed by atoms with Gasteiger partial charge in [0.1, 0.15) is 11.5 Å². The van der Waals surface area contributed by atoms with Gasteiger partial charge >= 0.3 is 0 Å². The lowest BCUT2D eigenvalue weighted by atomic mass is 10.2. The minimum atomic E-state index is -3.15. The Hall–Kier alpha value is -2.52. The van der Waals surface area contributed by atoms with Gasteiger partial charge in [0, 0.05) is 16.9 Å². The van der Waals surface area contributed by atoms with Gasteiger partial charge in [0.2, 0.25) is 0 Å². The lowest BCUT2D eigenvalue weighted by molar-refractivity contribution is 0.100. The summed E-state index contributed by atoms with van der Waals surface area (Å²) in [5.74, 6) is 0.851. The molecule has 2 aliphatic rings. The van der Waals surface area contributed by atoms with E-state index in [1.807, 2.05) is 11.0 Å². The van der Waals surface area contributed by atoms with E-state index in [9.17, 15) is 13.2 Å². The van der Waals surface area contributed by atoms with Gasteiger partial charge < -0.3 is 14.4 Å². The molecule has 0 aromatic heterocycles. The fourth-order valence-electron chi connectivity index (χ4n) is 3.56. The summed E-state index contributed by atoms with van der Waals surface area (Å²) < 4.78 is 35.2. The molecule has 2 aromatic rings. The molecule has 2 aromatic carbocycles. The molecule has 0 saturated carbocycles. The van der Waals surface area contributed by atoms with Crippen molar-refractivity contribution in [1.82, 2.24) is 0 Å². The van der Waals surface area contributed by atoms with Gasteiger partial charge in [-0.05, 0) is 24.3 Å². The maximum atomic E-state index is 12.7. The Morgan fingerprint density at radius 2 is 1.86 bits per heavy atom. The molecule has 2 saturated heterocycles. The first-order chi connectivity index (χ1) is 13.9. The summed E-state index contributed by atoms with van der Waals surface area (Å²) in [5, 5.41) is 0.293. The minimum Gasteiger partial charge on any atom is -0.497 e. The summed E-state index contributed by atoms with van der Waals surface area (Å²) in [6, 6.07) is 13.8. The Morgan fingerprint density at radius 3 is 2.55 bits per heavy atom. The molecule has 2 unspecified atom stereocenters. The molecule has 0 bridgehead atoms. The van der Waals surface area contributed by atoms with Crippen molar-refractivity contribution in [2.75, 3.05) is 30.6 Å². The first-order valence-corrected chi connectivity index (χ1v) is 11.7. The molecule has 4 rings (SSSR count). The molecule has 152 valence electrons. The standard InChI is InChI=1S/C20H20N2O5S2/c1-26-14-8-9-15(17(10-14)27-2)22-16-11-29(24,25)12-18(16)28-20(22)21-19(23)13-6-4-3-5-7-13/h3-10,16,18H,11-12H2,1-2H3. The Morgan fingerprint density at radius 1 is 1.10 bits per heavy atom. The number of ether oxygens (including phenoxy) is 2. The summed E-state index contributed by atoms with van der Waals surface area (Å²) in [4.78, 5) is 18.8. The van der Waals surface area contributed by atoms with E-state index in [1.54, 1.807) is 49.6 Å². The number of benzene rings is 2. The molecular formula is C20H20N2O5S2. The maximum absolute atomic E-state index is 12.7. The third kappa shape index (κ3) is 3.84. The van der Waals surface area contributed by atoms with Crippen LogP contribution in [0.4, 0.5) is 5.69 Å². The van der Waals surface area contributed by atoms with Crippen molar-refractivity contribution in [3.63, 3.8) is 0 Å². The Bertz CT molecular complexity index is 1070. The molecule has 2 aliphatic heterocycles. The first-order valence-electron chi connectivity index (χ1n) is 8.98. The summed E-state index contributed by atoms with van der Waals surface area (Å²) >= 11 is 1.33. The van der Waals surface area contributed by atoms with Crippen LogP contribution in [-0.4, -0.2) is 56.5 Å². The Kier molecular flexibility index (Phi) is 5.26. The minimum absolute atomic E-state index is 0.0123. The zero-order valence-corrected chi connectivity index (χ0v) is 17.6. The zero-order chi connectivity index (χ0) is 20.6. The fourth-order valence-corrected chi connectivity index (χ4v) is 7.47. The number of rotatable bonds is 4. The van der Waals surface area contributed by atoms with Crippen LogP contribution in [-0.2, 0) is 9.84 Å². The van der Waals surface area contributed by atoms with E-state index in [1.165, 1.54) is 18.9 Å². The molecular weight excluding hydrogens is 412 g/mol. The number of hydrogen-bond acceptors (Lipinski definition) is 6. The number of sulfone groups is 1. The van der Waals surface area contributed by atoms with Crippen LogP contribution in [0.5, 0.6) is 11.5 Å². The fraction of sp³-hybridized carbons (Fsp3) is 0.300. The van der Waals surface area contributed by atoms with E-state index in [-0.39, 0.29) is 28.7 Å². The topological polar surface area (TPSA) is 85.3 Å². The second kappa shape index (κ2) is 7.72. The van der Waals surface area contributed by atoms with Crippen LogP contribution in [0.25, 0.3) is 0 Å². The van der Waals surface area contributed by atoms with Gasteiger partial charge in [-0.3, -0.25) is 4.79 Å². The number of thioether (sulfide) groups is 1. The normalized spacial score (nSPS) is 23.8. The molecule has 9 heteroatoms. The van der Waals surface area contributed by atoms with Crippen molar-refractivity contribution in [3.05, 3.63) is 54.1 Å². The van der Waals surface area contributed by atoms with Crippen molar-refractivity contribution in [2.45, 2.75) is 11.3 Å². The van der Waals surface area contributed by atoms with Crippen molar-refractivity contribution >= 4 is 38.4 Å². The van der Waals surface area contributed by atoms with Crippen molar-refractivity contribution in [1.29, 1.82) is 0 Å². The monoisotopic (exact) mass is 432 g/mol. The molecule has 0 radical (unpaired) electrons. The van der Waals surface area contributed by atoms with Gasteiger partial charge in [0.15, 0.2) is 15.0 Å². The summed E-state index contributed by atoms with van der Waals surface area (Å²) in [5.41, 5.74) is 1.14. The number of hydrogen-bond donors (Lipinski definition) is 0. The van der Waals surface area contributed by atoms with Crippen molar-refractivity contribution < 1.29 is 22.7 Å². The number of carbonyl (C=O) groups excluding carboxylic acids is 1. The Labute approximate surface area is 173 Å². The van der Waals surface area contributed by atoms with Gasteiger partial charge in [-0.1, -0.05) is 30.0 Å². The highest BCUT2D eigenvalue weighted by molar-refractivity contribution is 8.16. The third-order valence-electron chi connectivity index (χ3n) is 4.93. The van der Waals surface area contributed by atoms with Gasteiger partial charge in [-0.15, -0.1) is 0 Å². The molecule has 0 N–H and O–H groups in total. The number of carbonyl (C=O) groups is 1. The molecule has 2 atom stereocenters. The smallest absolute Gasteiger partial charge is 0.279 e. The number of anilines is 1. The number of methoxy groups -OCH3 is 2. The summed E-state index contributed by atoms with van der Waals surface area (Å²) in [6.45, 7) is 0. The molecule has 0 spiro atoms.